The number of rotatable bonds is 8. The van der Waals surface area contributed by atoms with Crippen molar-refractivity contribution in [2.24, 2.45) is 10.8 Å². The first-order chi connectivity index (χ1) is 10.6. The molecule has 3 aliphatic rings. The molecule has 0 aromatic rings. The number of carbonyl (C=O) groups excluding carboxylic acids is 1. The van der Waals surface area contributed by atoms with Gasteiger partial charge in [0.1, 0.15) is 11.6 Å². The molecule has 0 heterocycles. The quantitative estimate of drug-likeness (QED) is 0.670. The second-order valence-electron chi connectivity index (χ2n) is 8.26. The fraction of sp³-hybridized carbons (Fsp3) is 0.882. The van der Waals surface area contributed by atoms with Crippen LogP contribution in [0.4, 0.5) is 4.79 Å². The number of nitrogens with one attached hydrogen (secondary N) is 1. The van der Waals surface area contributed by atoms with Crippen molar-refractivity contribution >= 4 is 12.1 Å². The summed E-state index contributed by atoms with van der Waals surface area (Å²) in [5.74, 6) is -0.969. The van der Waals surface area contributed by atoms with Crippen LogP contribution in [0.3, 0.4) is 0 Å². The zero-order valence-electron chi connectivity index (χ0n) is 14.6. The van der Waals surface area contributed by atoms with Gasteiger partial charge in [-0.2, -0.15) is 0 Å². The number of carboxylic acid groups (broad SMARTS) is 1. The minimum absolute atomic E-state index is 0.274. The van der Waals surface area contributed by atoms with E-state index in [1.54, 1.807) is 27.9 Å². The Morgan fingerprint density at radius 2 is 1.83 bits per heavy atom. The molecule has 0 aromatic heterocycles. The van der Waals surface area contributed by atoms with Crippen molar-refractivity contribution in [3.8, 4) is 0 Å². The lowest BCUT2D eigenvalue weighted by atomic mass is 9.32. The molecule has 3 rings (SSSR count). The van der Waals surface area contributed by atoms with Crippen molar-refractivity contribution in [2.45, 2.75) is 70.9 Å². The number of carboxylic acids is 1. The first-order valence-corrected chi connectivity index (χ1v) is 8.33. The summed E-state index contributed by atoms with van der Waals surface area (Å²) in [6.45, 7) is 6.06. The van der Waals surface area contributed by atoms with Crippen molar-refractivity contribution < 1.29 is 24.2 Å². The van der Waals surface area contributed by atoms with E-state index in [1.807, 2.05) is 0 Å². The smallest absolute Gasteiger partial charge is 0.408 e. The molecule has 2 N–H and O–H groups in total. The highest BCUT2D eigenvalue weighted by Gasteiger charge is 2.71. The maximum atomic E-state index is 11.9. The highest BCUT2D eigenvalue weighted by Crippen LogP contribution is 2.76. The van der Waals surface area contributed by atoms with Crippen LogP contribution in [0.25, 0.3) is 0 Å². The molecule has 6 heteroatoms. The monoisotopic (exact) mass is 327 g/mol. The molecule has 1 amide bonds. The van der Waals surface area contributed by atoms with E-state index in [4.69, 9.17) is 9.47 Å². The molecule has 132 valence electrons. The Balaban J connectivity index is 1.83. The zero-order valence-corrected chi connectivity index (χ0v) is 14.6. The maximum Gasteiger partial charge on any atom is 0.408 e. The van der Waals surface area contributed by atoms with Gasteiger partial charge in [0.15, 0.2) is 0 Å². The second kappa shape index (κ2) is 6.30. The summed E-state index contributed by atoms with van der Waals surface area (Å²) in [5.41, 5.74) is -0.601. The zero-order chi connectivity index (χ0) is 17.3. The minimum atomic E-state index is -0.969. The first-order valence-electron chi connectivity index (χ1n) is 8.33. The number of unbranched alkanes of at least 4 members (excludes halogenated alkanes) is 1. The molecule has 0 radical (unpaired) electrons. The Hall–Kier alpha value is -1.30. The highest BCUT2D eigenvalue weighted by atomic mass is 16.6. The highest BCUT2D eigenvalue weighted by molar-refractivity contribution is 5.81. The third-order valence-electron chi connectivity index (χ3n) is 5.01. The van der Waals surface area contributed by atoms with E-state index in [2.05, 4.69) is 5.32 Å². The normalized spacial score (nSPS) is 29.9. The van der Waals surface area contributed by atoms with Gasteiger partial charge in [0.05, 0.1) is 0 Å². The number of hydrogen-bond donors (Lipinski definition) is 2. The second-order valence-corrected chi connectivity index (χ2v) is 8.26. The number of methoxy groups -OCH3 is 1. The molecule has 0 aliphatic heterocycles. The standard InChI is InChI=1S/C17H29NO5/c1-15(2,3)23-14(21)18-12(13(19)20)17-9-16(10-17,11-17)7-5-6-8-22-4/h12H,5-11H2,1-4H3,(H,18,21)(H,19,20). The number of carbonyl (C=O) groups is 2. The summed E-state index contributed by atoms with van der Waals surface area (Å²) in [7, 11) is 1.70. The van der Waals surface area contributed by atoms with E-state index in [0.717, 1.165) is 45.1 Å². The maximum absolute atomic E-state index is 11.9. The van der Waals surface area contributed by atoms with Gasteiger partial charge in [-0.1, -0.05) is 6.42 Å². The lowest BCUT2D eigenvalue weighted by molar-refractivity contribution is -0.228. The Labute approximate surface area is 137 Å². The fourth-order valence-electron chi connectivity index (χ4n) is 4.31. The topological polar surface area (TPSA) is 84.9 Å². The van der Waals surface area contributed by atoms with Crippen molar-refractivity contribution in [1.82, 2.24) is 5.32 Å². The molecule has 3 aliphatic carbocycles. The SMILES string of the molecule is COCCCCC12CC(C(NC(=O)OC(C)(C)C)C(=O)O)(C1)C2. The molecule has 2 bridgehead atoms. The van der Waals surface area contributed by atoms with Crippen molar-refractivity contribution in [2.75, 3.05) is 13.7 Å². The lowest BCUT2D eigenvalue weighted by Gasteiger charge is -2.72. The third-order valence-corrected chi connectivity index (χ3v) is 5.01. The number of amides is 1. The van der Waals surface area contributed by atoms with Crippen LogP contribution in [0.2, 0.25) is 0 Å². The Morgan fingerprint density at radius 3 is 2.30 bits per heavy atom. The number of alkyl carbamates (subject to hydrolysis) is 1. The lowest BCUT2D eigenvalue weighted by Crippen LogP contribution is -2.71. The van der Waals surface area contributed by atoms with E-state index in [-0.39, 0.29) is 5.41 Å². The fourth-order valence-corrected chi connectivity index (χ4v) is 4.31. The molecule has 6 nitrogen and oxygen atoms in total. The summed E-state index contributed by atoms with van der Waals surface area (Å²) in [4.78, 5) is 23.5. The van der Waals surface area contributed by atoms with E-state index in [0.29, 0.717) is 5.41 Å². The minimum Gasteiger partial charge on any atom is -0.480 e. The largest absolute Gasteiger partial charge is 0.480 e. The molecule has 1 unspecified atom stereocenters. The van der Waals surface area contributed by atoms with Crippen LogP contribution in [-0.4, -0.2) is 42.5 Å². The van der Waals surface area contributed by atoms with Gasteiger partial charge in [0.2, 0.25) is 0 Å². The average Bonchev–Trinajstić information content (AvgIpc) is 2.30. The summed E-state index contributed by atoms with van der Waals surface area (Å²) >= 11 is 0. The Kier molecular flexibility index (Phi) is 4.95. The van der Waals surface area contributed by atoms with Gasteiger partial charge in [-0.3, -0.25) is 0 Å². The van der Waals surface area contributed by atoms with Gasteiger partial charge in [-0.25, -0.2) is 9.59 Å². The molecule has 3 saturated carbocycles. The number of aliphatic carboxylic acids is 1. The third kappa shape index (κ3) is 3.97. The molecule has 0 saturated heterocycles. The summed E-state index contributed by atoms with van der Waals surface area (Å²) in [6.07, 6.45) is 5.30. The van der Waals surface area contributed by atoms with Gasteiger partial charge in [-0.05, 0) is 58.3 Å². The van der Waals surface area contributed by atoms with Crippen LogP contribution in [0.15, 0.2) is 0 Å². The van der Waals surface area contributed by atoms with E-state index >= 15 is 0 Å². The average molecular weight is 327 g/mol. The Bertz CT molecular complexity index is 448. The van der Waals surface area contributed by atoms with Crippen LogP contribution >= 0.6 is 0 Å². The van der Waals surface area contributed by atoms with Gasteiger partial charge < -0.3 is 19.9 Å². The van der Waals surface area contributed by atoms with Crippen LogP contribution in [0.1, 0.15) is 59.3 Å². The number of ether oxygens (including phenoxy) is 2. The predicted octanol–water partition coefficient (Wildman–Crippen LogP) is 2.95. The number of hydrogen-bond acceptors (Lipinski definition) is 4. The van der Waals surface area contributed by atoms with Crippen LogP contribution in [0, 0.1) is 10.8 Å². The van der Waals surface area contributed by atoms with Gasteiger partial charge in [0.25, 0.3) is 0 Å². The van der Waals surface area contributed by atoms with Gasteiger partial charge >= 0.3 is 12.1 Å². The summed E-state index contributed by atoms with van der Waals surface area (Å²) < 4.78 is 10.2. The van der Waals surface area contributed by atoms with Crippen molar-refractivity contribution in [3.05, 3.63) is 0 Å². The molecule has 0 spiro atoms. The van der Waals surface area contributed by atoms with Crippen molar-refractivity contribution in [1.29, 1.82) is 0 Å². The molecule has 23 heavy (non-hydrogen) atoms. The molecular formula is C17H29NO5. The Morgan fingerprint density at radius 1 is 1.22 bits per heavy atom. The van der Waals surface area contributed by atoms with Crippen LogP contribution in [-0.2, 0) is 14.3 Å². The van der Waals surface area contributed by atoms with Crippen LogP contribution in [0.5, 0.6) is 0 Å². The molecule has 1 atom stereocenters. The van der Waals surface area contributed by atoms with E-state index in [1.165, 1.54) is 0 Å². The molecule has 3 fully saturated rings. The van der Waals surface area contributed by atoms with Crippen LogP contribution < -0.4 is 5.32 Å². The van der Waals surface area contributed by atoms with E-state index in [9.17, 15) is 14.7 Å². The summed E-state index contributed by atoms with van der Waals surface area (Å²) in [5, 5.41) is 12.1. The van der Waals surface area contributed by atoms with E-state index < -0.39 is 23.7 Å². The summed E-state index contributed by atoms with van der Waals surface area (Å²) in [6, 6.07) is -0.849. The molecule has 0 aromatic carbocycles. The van der Waals surface area contributed by atoms with Crippen molar-refractivity contribution in [3.63, 3.8) is 0 Å². The van der Waals surface area contributed by atoms with Gasteiger partial charge in [0, 0.05) is 19.1 Å². The first kappa shape index (κ1) is 18.0. The molecular weight excluding hydrogens is 298 g/mol. The predicted molar refractivity (Wildman–Crippen MR) is 85.2 cm³/mol. The van der Waals surface area contributed by atoms with Gasteiger partial charge in [-0.15, -0.1) is 0 Å².